The average Bonchev–Trinajstić information content (AvgIpc) is 3.49. The maximum absolute atomic E-state index is 13.4. The molecular weight excluding hydrogens is 991 g/mol. The highest BCUT2D eigenvalue weighted by molar-refractivity contribution is 5.80. The lowest BCUT2D eigenvalue weighted by molar-refractivity contribution is -0.305. The van der Waals surface area contributed by atoms with Gasteiger partial charge in [-0.15, -0.1) is 0 Å². The third-order valence-corrected chi connectivity index (χ3v) is 13.7. The van der Waals surface area contributed by atoms with Crippen LogP contribution in [-0.2, 0) is 23.8 Å². The van der Waals surface area contributed by atoms with Gasteiger partial charge in [-0.05, 0) is 89.9 Å². The van der Waals surface area contributed by atoms with Crippen LogP contribution in [0.4, 0.5) is 0 Å². The minimum atomic E-state index is -1.64. The maximum atomic E-state index is 13.4. The zero-order valence-electron chi connectivity index (χ0n) is 49.4. The third-order valence-electron chi connectivity index (χ3n) is 13.7. The molecule has 79 heavy (non-hydrogen) atoms. The molecule has 1 saturated heterocycles. The fourth-order valence-corrected chi connectivity index (χ4v) is 8.78. The van der Waals surface area contributed by atoms with E-state index in [2.05, 4.69) is 80.8 Å². The van der Waals surface area contributed by atoms with Crippen LogP contribution in [0.25, 0.3) is 0 Å². The molecule has 0 aliphatic carbocycles. The first-order chi connectivity index (χ1) is 38.7. The van der Waals surface area contributed by atoms with E-state index < -0.39 is 67.4 Å². The molecule has 0 radical (unpaired) electrons. The molecular formula is C68H111NO10. The molecule has 11 nitrogen and oxygen atoms in total. The second-order valence-electron chi connectivity index (χ2n) is 20.9. The van der Waals surface area contributed by atoms with Crippen LogP contribution < -0.4 is 5.32 Å². The van der Waals surface area contributed by atoms with Gasteiger partial charge in [0.15, 0.2) is 12.4 Å². The number of aliphatic hydroxyl groups is 5. The number of carbonyl (C=O) groups excluding carboxylic acids is 2. The van der Waals surface area contributed by atoms with Crippen LogP contribution >= 0.6 is 0 Å². The van der Waals surface area contributed by atoms with E-state index in [9.17, 15) is 35.1 Å². The number of carbonyl (C=O) groups is 2. The second kappa shape index (κ2) is 54.4. The molecule has 1 amide bonds. The van der Waals surface area contributed by atoms with Gasteiger partial charge in [0.05, 0.1) is 25.4 Å². The van der Waals surface area contributed by atoms with Gasteiger partial charge in [0.1, 0.15) is 24.4 Å². The Labute approximate surface area is 480 Å². The maximum Gasteiger partial charge on any atom is 0.306 e. The molecule has 1 aliphatic heterocycles. The Balaban J connectivity index is 2.75. The van der Waals surface area contributed by atoms with E-state index >= 15 is 0 Å². The van der Waals surface area contributed by atoms with Crippen molar-refractivity contribution in [2.45, 2.75) is 269 Å². The van der Waals surface area contributed by atoms with Crippen molar-refractivity contribution in [1.29, 1.82) is 0 Å². The molecule has 0 aromatic rings. The molecule has 0 aromatic carbocycles. The lowest BCUT2D eigenvalue weighted by atomic mass is 9.99. The van der Waals surface area contributed by atoms with E-state index in [0.29, 0.717) is 12.8 Å². The fourth-order valence-electron chi connectivity index (χ4n) is 8.78. The van der Waals surface area contributed by atoms with Crippen molar-refractivity contribution in [1.82, 2.24) is 5.32 Å². The molecule has 448 valence electrons. The van der Waals surface area contributed by atoms with E-state index in [1.165, 1.54) is 77.0 Å². The van der Waals surface area contributed by atoms with Gasteiger partial charge in [-0.3, -0.25) is 9.59 Å². The lowest BCUT2D eigenvalue weighted by Gasteiger charge is -2.41. The number of hydrogen-bond acceptors (Lipinski definition) is 10. The molecule has 1 rings (SSSR count). The Morgan fingerprint density at radius 3 is 1.51 bits per heavy atom. The van der Waals surface area contributed by atoms with Crippen molar-refractivity contribution < 1.29 is 49.3 Å². The van der Waals surface area contributed by atoms with E-state index in [1.54, 1.807) is 6.08 Å². The van der Waals surface area contributed by atoms with Crippen molar-refractivity contribution in [3.63, 3.8) is 0 Å². The Hall–Kier alpha value is -4.20. The highest BCUT2D eigenvalue weighted by Gasteiger charge is 2.47. The van der Waals surface area contributed by atoms with Gasteiger partial charge in [0, 0.05) is 6.42 Å². The van der Waals surface area contributed by atoms with Gasteiger partial charge in [0.25, 0.3) is 0 Å². The number of ether oxygens (including phenoxy) is 3. The molecule has 1 heterocycles. The first kappa shape index (κ1) is 72.8. The lowest BCUT2D eigenvalue weighted by Crippen LogP contribution is -2.61. The van der Waals surface area contributed by atoms with Crippen LogP contribution in [0.2, 0.25) is 0 Å². The van der Waals surface area contributed by atoms with Crippen molar-refractivity contribution >= 4 is 11.9 Å². The minimum Gasteiger partial charge on any atom is -0.454 e. The summed E-state index contributed by atoms with van der Waals surface area (Å²) in [5.74, 6) is -1.27. The van der Waals surface area contributed by atoms with Gasteiger partial charge >= 0.3 is 5.97 Å². The van der Waals surface area contributed by atoms with Crippen LogP contribution in [0.15, 0.2) is 134 Å². The smallest absolute Gasteiger partial charge is 0.306 e. The topological polar surface area (TPSA) is 175 Å². The number of amides is 1. The molecule has 0 bridgehead atoms. The van der Waals surface area contributed by atoms with Crippen LogP contribution in [-0.4, -0.2) is 99.6 Å². The SMILES string of the molecule is CC\C=C/C=C/C=C/C=C\C=C\C=C\CCCCC(O)C(=O)NC(COC1OC(CO)C(O)C(O)C1OC(=O)CCCCCCC/C=C\C/C=C\C/C=C\C/C=C\CCCCC)C(O)/C=C/CCCCCCCCCCCCC. The first-order valence-corrected chi connectivity index (χ1v) is 31.0. The quantitative estimate of drug-likeness (QED) is 0.0149. The molecule has 0 saturated carbocycles. The number of hydrogen-bond donors (Lipinski definition) is 6. The monoisotopic (exact) mass is 1100 g/mol. The van der Waals surface area contributed by atoms with Crippen molar-refractivity contribution in [2.75, 3.05) is 13.2 Å². The summed E-state index contributed by atoms with van der Waals surface area (Å²) < 4.78 is 17.6. The Morgan fingerprint density at radius 2 is 0.962 bits per heavy atom. The number of esters is 1. The van der Waals surface area contributed by atoms with Crippen LogP contribution in [0, 0.1) is 0 Å². The molecule has 8 unspecified atom stereocenters. The summed E-state index contributed by atoms with van der Waals surface area (Å²) in [4.78, 5) is 26.5. The largest absolute Gasteiger partial charge is 0.454 e. The van der Waals surface area contributed by atoms with Gasteiger partial charge in [-0.25, -0.2) is 0 Å². The Morgan fingerprint density at radius 1 is 0.519 bits per heavy atom. The molecule has 0 aromatic heterocycles. The van der Waals surface area contributed by atoms with Gasteiger partial charge in [-0.1, -0.05) is 257 Å². The molecule has 1 fully saturated rings. The highest BCUT2D eigenvalue weighted by atomic mass is 16.7. The van der Waals surface area contributed by atoms with Gasteiger partial charge in [-0.2, -0.15) is 0 Å². The van der Waals surface area contributed by atoms with E-state index in [0.717, 1.165) is 96.3 Å². The summed E-state index contributed by atoms with van der Waals surface area (Å²) in [5, 5.41) is 56.9. The summed E-state index contributed by atoms with van der Waals surface area (Å²) in [6.45, 7) is 5.56. The normalized spacial score (nSPS) is 19.8. The molecule has 0 spiro atoms. The second-order valence-corrected chi connectivity index (χ2v) is 20.9. The van der Waals surface area contributed by atoms with E-state index in [-0.39, 0.29) is 19.4 Å². The van der Waals surface area contributed by atoms with Gasteiger partial charge < -0.3 is 45.1 Å². The Bertz CT molecular complexity index is 1790. The summed E-state index contributed by atoms with van der Waals surface area (Å²) in [5.41, 5.74) is 0. The van der Waals surface area contributed by atoms with E-state index in [4.69, 9.17) is 14.2 Å². The zero-order chi connectivity index (χ0) is 57.5. The number of nitrogens with one attached hydrogen (secondary N) is 1. The van der Waals surface area contributed by atoms with Gasteiger partial charge in [0.2, 0.25) is 5.91 Å². The summed E-state index contributed by atoms with van der Waals surface area (Å²) in [7, 11) is 0. The predicted molar refractivity (Wildman–Crippen MR) is 328 cm³/mol. The molecule has 11 heteroatoms. The number of rotatable bonds is 50. The fraction of sp³-hybridized carbons (Fsp3) is 0.647. The standard InChI is InChI=1S/C68H111NO10/c1-4-7-10-13-16-19-22-25-27-29-30-31-32-33-35-38-41-44-47-50-53-56-63(73)79-66-65(75)64(74)62(57-70)78-68(66)77-58-59(60(71)54-51-48-45-42-39-36-24-21-18-15-12-9-6-3)69-67(76)61(72)55-52-49-46-43-40-37-34-28-26-23-20-17-14-11-8-5-2/h8,11,14,16-17,19-20,23,25-28,30-31,33-35,37,40,43,51,54,59-62,64-66,68,70-72,74-75H,4-7,9-10,12-13,15,18,21-22,24,29,32,36,38-39,41-42,44-50,52-53,55-58H2,1-3H3,(H,69,76)/b11-8-,17-14+,19-16-,23-20+,27-25-,28-26-,31-30-,35-33-,37-34+,43-40+,54-51+. The molecule has 8 atom stereocenters. The molecule has 1 aliphatic rings. The number of allylic oxidation sites excluding steroid dienone is 21. The highest BCUT2D eigenvalue weighted by Crippen LogP contribution is 2.26. The number of unbranched alkanes of at least 4 members (excludes halogenated alkanes) is 21. The summed E-state index contributed by atoms with van der Waals surface area (Å²) in [6.07, 6.45) is 66.2. The average molecular weight is 1100 g/mol. The third kappa shape index (κ3) is 42.3. The summed E-state index contributed by atoms with van der Waals surface area (Å²) >= 11 is 0. The minimum absolute atomic E-state index is 0.0884. The number of aliphatic hydroxyl groups excluding tert-OH is 5. The molecule has 6 N–H and O–H groups in total. The summed E-state index contributed by atoms with van der Waals surface area (Å²) in [6, 6.07) is -1.06. The van der Waals surface area contributed by atoms with Crippen LogP contribution in [0.3, 0.4) is 0 Å². The Kier molecular flexibility index (Phi) is 50.1. The van der Waals surface area contributed by atoms with Crippen LogP contribution in [0.1, 0.15) is 220 Å². The van der Waals surface area contributed by atoms with Crippen molar-refractivity contribution in [3.05, 3.63) is 134 Å². The van der Waals surface area contributed by atoms with E-state index in [1.807, 2.05) is 72.9 Å². The first-order valence-electron chi connectivity index (χ1n) is 31.0. The van der Waals surface area contributed by atoms with Crippen LogP contribution in [0.5, 0.6) is 0 Å². The van der Waals surface area contributed by atoms with Crippen molar-refractivity contribution in [3.8, 4) is 0 Å². The zero-order valence-corrected chi connectivity index (χ0v) is 49.4. The predicted octanol–water partition coefficient (Wildman–Crippen LogP) is 14.8. The van der Waals surface area contributed by atoms with Crippen molar-refractivity contribution in [2.24, 2.45) is 0 Å².